The van der Waals surface area contributed by atoms with Crippen LogP contribution in [0.3, 0.4) is 0 Å². The van der Waals surface area contributed by atoms with Gasteiger partial charge in [0.15, 0.2) is 0 Å². The third-order valence-electron chi connectivity index (χ3n) is 3.90. The van der Waals surface area contributed by atoms with Crippen molar-refractivity contribution >= 4 is 18.0 Å². The highest BCUT2D eigenvalue weighted by Gasteiger charge is 2.27. The Bertz CT molecular complexity index is 743. The molecule has 0 spiro atoms. The van der Waals surface area contributed by atoms with Crippen molar-refractivity contribution < 1.29 is 19.1 Å². The minimum Gasteiger partial charge on any atom is -0.426 e. The molecular weight excluding hydrogens is 316 g/mol. The first-order valence-electron chi connectivity index (χ1n) is 8.18. The summed E-state index contributed by atoms with van der Waals surface area (Å²) in [7, 11) is 0. The second kappa shape index (κ2) is 8.29. The highest BCUT2D eigenvalue weighted by molar-refractivity contribution is 5.88. The molecule has 0 unspecified atom stereocenters. The fourth-order valence-corrected chi connectivity index (χ4v) is 1.84. The van der Waals surface area contributed by atoms with Crippen LogP contribution in [0.15, 0.2) is 60.7 Å². The Morgan fingerprint density at radius 2 is 1.48 bits per heavy atom. The van der Waals surface area contributed by atoms with E-state index < -0.39 is 11.4 Å². The number of hydrogen-bond acceptors (Lipinski definition) is 4. The van der Waals surface area contributed by atoms with Gasteiger partial charge in [0.25, 0.3) is 0 Å². The summed E-state index contributed by atoms with van der Waals surface area (Å²) in [5, 5.41) is 0. The van der Waals surface area contributed by atoms with Gasteiger partial charge in [-0.2, -0.15) is 0 Å². The highest BCUT2D eigenvalue weighted by Crippen LogP contribution is 2.25. The first-order chi connectivity index (χ1) is 11.9. The molecule has 2 aromatic rings. The lowest BCUT2D eigenvalue weighted by atomic mass is 9.91. The minimum absolute atomic E-state index is 0.287. The zero-order valence-corrected chi connectivity index (χ0v) is 14.7. The van der Waals surface area contributed by atoms with Gasteiger partial charge < -0.3 is 9.47 Å². The Kier molecular flexibility index (Phi) is 6.12. The Balaban J connectivity index is 1.93. The molecule has 2 rings (SSSR count). The molecule has 0 saturated heterocycles. The predicted molar refractivity (Wildman–Crippen MR) is 97.3 cm³/mol. The summed E-state index contributed by atoms with van der Waals surface area (Å²) < 4.78 is 10.6. The molecule has 0 aliphatic heterocycles. The first kappa shape index (κ1) is 18.5. The van der Waals surface area contributed by atoms with E-state index in [9.17, 15) is 9.59 Å². The van der Waals surface area contributed by atoms with Gasteiger partial charge in [0, 0.05) is 6.08 Å². The normalized spacial score (nSPS) is 11.3. The summed E-state index contributed by atoms with van der Waals surface area (Å²) in [6, 6.07) is 15.9. The Hall–Kier alpha value is -2.88. The molecule has 0 heterocycles. The summed E-state index contributed by atoms with van der Waals surface area (Å²) in [6.45, 7) is 5.61. The summed E-state index contributed by atoms with van der Waals surface area (Å²) in [5.41, 5.74) is 0.383. The standard InChI is InChI=1S/C21H22O4/c1-4-21(2,3)20(23)25-18-13-11-17(12-14-18)24-19(22)15-10-16-8-6-5-7-9-16/h5-15H,4H2,1-3H3. The molecule has 25 heavy (non-hydrogen) atoms. The van der Waals surface area contributed by atoms with E-state index in [0.717, 1.165) is 5.56 Å². The van der Waals surface area contributed by atoms with E-state index in [-0.39, 0.29) is 5.97 Å². The third kappa shape index (κ3) is 5.60. The number of carbonyl (C=O) groups is 2. The van der Waals surface area contributed by atoms with E-state index >= 15 is 0 Å². The summed E-state index contributed by atoms with van der Waals surface area (Å²) in [4.78, 5) is 23.9. The van der Waals surface area contributed by atoms with Crippen LogP contribution in [0.25, 0.3) is 6.08 Å². The minimum atomic E-state index is -0.534. The quantitative estimate of drug-likeness (QED) is 0.437. The van der Waals surface area contributed by atoms with E-state index in [1.165, 1.54) is 6.08 Å². The van der Waals surface area contributed by atoms with Crippen LogP contribution in [0.4, 0.5) is 0 Å². The monoisotopic (exact) mass is 338 g/mol. The van der Waals surface area contributed by atoms with Crippen LogP contribution in [-0.2, 0) is 9.59 Å². The van der Waals surface area contributed by atoms with Gasteiger partial charge in [0.1, 0.15) is 11.5 Å². The molecule has 4 heteroatoms. The van der Waals surface area contributed by atoms with E-state index in [1.807, 2.05) is 51.1 Å². The SMILES string of the molecule is CCC(C)(C)C(=O)Oc1ccc(OC(=O)C=Cc2ccccc2)cc1. The predicted octanol–water partition coefficient (Wildman–Crippen LogP) is 4.65. The topological polar surface area (TPSA) is 52.6 Å². The number of hydrogen-bond donors (Lipinski definition) is 0. The Labute approximate surface area is 148 Å². The molecular formula is C21H22O4. The second-order valence-electron chi connectivity index (χ2n) is 6.26. The molecule has 0 saturated carbocycles. The van der Waals surface area contributed by atoms with Crippen molar-refractivity contribution in [3.05, 3.63) is 66.2 Å². The van der Waals surface area contributed by atoms with Crippen molar-refractivity contribution in [2.24, 2.45) is 5.41 Å². The van der Waals surface area contributed by atoms with Crippen molar-refractivity contribution in [1.29, 1.82) is 0 Å². The Morgan fingerprint density at radius 1 is 0.920 bits per heavy atom. The third-order valence-corrected chi connectivity index (χ3v) is 3.90. The van der Waals surface area contributed by atoms with Crippen LogP contribution in [0.5, 0.6) is 11.5 Å². The zero-order chi connectivity index (χ0) is 18.3. The van der Waals surface area contributed by atoms with Gasteiger partial charge in [-0.3, -0.25) is 4.79 Å². The van der Waals surface area contributed by atoms with Gasteiger partial charge >= 0.3 is 11.9 Å². The maximum atomic E-state index is 12.0. The molecule has 0 fully saturated rings. The summed E-state index contributed by atoms with van der Waals surface area (Å²) in [5.74, 6) is 0.0506. The molecule has 0 N–H and O–H groups in total. The van der Waals surface area contributed by atoms with Crippen molar-refractivity contribution in [2.75, 3.05) is 0 Å². The fourth-order valence-electron chi connectivity index (χ4n) is 1.84. The van der Waals surface area contributed by atoms with Crippen molar-refractivity contribution in [1.82, 2.24) is 0 Å². The average molecular weight is 338 g/mol. The maximum Gasteiger partial charge on any atom is 0.336 e. The molecule has 0 radical (unpaired) electrons. The molecule has 4 nitrogen and oxygen atoms in total. The van der Waals surface area contributed by atoms with Crippen LogP contribution < -0.4 is 9.47 Å². The van der Waals surface area contributed by atoms with Gasteiger partial charge in [0.2, 0.25) is 0 Å². The Morgan fingerprint density at radius 3 is 2.04 bits per heavy atom. The largest absolute Gasteiger partial charge is 0.426 e. The van der Waals surface area contributed by atoms with Gasteiger partial charge in [0.05, 0.1) is 5.41 Å². The van der Waals surface area contributed by atoms with Gasteiger partial charge in [-0.05, 0) is 56.2 Å². The molecule has 0 aliphatic rings. The molecule has 0 aliphatic carbocycles. The van der Waals surface area contributed by atoms with Gasteiger partial charge in [-0.25, -0.2) is 4.79 Å². The lowest BCUT2D eigenvalue weighted by molar-refractivity contribution is -0.144. The van der Waals surface area contributed by atoms with E-state index in [2.05, 4.69) is 0 Å². The van der Waals surface area contributed by atoms with Crippen LogP contribution in [0.2, 0.25) is 0 Å². The molecule has 0 bridgehead atoms. The van der Waals surface area contributed by atoms with Crippen molar-refractivity contribution in [2.45, 2.75) is 27.2 Å². The smallest absolute Gasteiger partial charge is 0.336 e. The van der Waals surface area contributed by atoms with E-state index in [1.54, 1.807) is 30.3 Å². The highest BCUT2D eigenvalue weighted by atomic mass is 16.5. The van der Waals surface area contributed by atoms with Crippen LogP contribution in [-0.4, -0.2) is 11.9 Å². The average Bonchev–Trinajstić information content (AvgIpc) is 2.62. The number of benzene rings is 2. The van der Waals surface area contributed by atoms with Gasteiger partial charge in [-0.15, -0.1) is 0 Å². The molecule has 0 aromatic heterocycles. The number of rotatable bonds is 6. The van der Waals surface area contributed by atoms with E-state index in [4.69, 9.17) is 9.47 Å². The lowest BCUT2D eigenvalue weighted by Gasteiger charge is -2.20. The molecule has 130 valence electrons. The second-order valence-corrected chi connectivity index (χ2v) is 6.26. The van der Waals surface area contributed by atoms with Crippen molar-refractivity contribution in [3.8, 4) is 11.5 Å². The first-order valence-corrected chi connectivity index (χ1v) is 8.18. The number of ether oxygens (including phenoxy) is 2. The van der Waals surface area contributed by atoms with Crippen molar-refractivity contribution in [3.63, 3.8) is 0 Å². The summed E-state index contributed by atoms with van der Waals surface area (Å²) in [6.07, 6.45) is 3.74. The van der Waals surface area contributed by atoms with Crippen LogP contribution >= 0.6 is 0 Å². The number of esters is 2. The van der Waals surface area contributed by atoms with Crippen LogP contribution in [0, 0.1) is 5.41 Å². The fraction of sp³-hybridized carbons (Fsp3) is 0.238. The molecule has 0 amide bonds. The molecule has 0 atom stereocenters. The van der Waals surface area contributed by atoms with Crippen LogP contribution in [0.1, 0.15) is 32.8 Å². The van der Waals surface area contributed by atoms with Gasteiger partial charge in [-0.1, -0.05) is 37.3 Å². The maximum absolute atomic E-state index is 12.0. The lowest BCUT2D eigenvalue weighted by Crippen LogP contribution is -2.28. The summed E-state index contributed by atoms with van der Waals surface area (Å²) >= 11 is 0. The molecule has 2 aromatic carbocycles. The van der Waals surface area contributed by atoms with E-state index in [0.29, 0.717) is 17.9 Å². The number of carbonyl (C=O) groups excluding carboxylic acids is 2. The zero-order valence-electron chi connectivity index (χ0n) is 14.7.